The third-order valence-corrected chi connectivity index (χ3v) is 7.16. The average Bonchev–Trinajstić information content (AvgIpc) is 3.26. The number of piperazine rings is 1. The third kappa shape index (κ3) is 5.81. The number of nitrogens with one attached hydrogen (secondary N) is 1. The molecule has 1 aliphatic heterocycles. The summed E-state index contributed by atoms with van der Waals surface area (Å²) in [4.78, 5) is 15.3. The van der Waals surface area contributed by atoms with Crippen LogP contribution in [-0.4, -0.2) is 43.6 Å². The van der Waals surface area contributed by atoms with Crippen molar-refractivity contribution in [3.05, 3.63) is 70.3 Å². The van der Waals surface area contributed by atoms with Gasteiger partial charge in [0.25, 0.3) is 0 Å². The van der Waals surface area contributed by atoms with Crippen molar-refractivity contribution in [3.63, 3.8) is 0 Å². The van der Waals surface area contributed by atoms with E-state index in [9.17, 15) is 18.0 Å². The predicted molar refractivity (Wildman–Crippen MR) is 126 cm³/mol. The van der Waals surface area contributed by atoms with Crippen LogP contribution in [0.4, 0.5) is 13.2 Å². The predicted octanol–water partition coefficient (Wildman–Crippen LogP) is 5.12. The second-order valence-electron chi connectivity index (χ2n) is 9.53. The Kier molecular flexibility index (Phi) is 7.63. The largest absolute Gasteiger partial charge is 0.456 e. The highest BCUT2D eigenvalue weighted by atomic mass is 19.4. The van der Waals surface area contributed by atoms with Gasteiger partial charge in [-0.15, -0.1) is 0 Å². The number of carbonyl (C=O) groups is 1. The highest BCUT2D eigenvalue weighted by Crippen LogP contribution is 2.34. The minimum atomic E-state index is -4.45. The first-order valence-electron chi connectivity index (χ1n) is 12.2. The fourth-order valence-corrected chi connectivity index (χ4v) is 4.92. The molecular formula is C27H33F3N2O2. The summed E-state index contributed by atoms with van der Waals surface area (Å²) in [7, 11) is 0. The molecule has 2 aliphatic rings. The summed E-state index contributed by atoms with van der Waals surface area (Å²) in [6, 6.07) is 11.3. The molecule has 0 amide bonds. The van der Waals surface area contributed by atoms with Crippen LogP contribution >= 0.6 is 0 Å². The van der Waals surface area contributed by atoms with Crippen LogP contribution in [0.5, 0.6) is 0 Å². The molecule has 1 fully saturated rings. The molecule has 4 rings (SSSR count). The summed E-state index contributed by atoms with van der Waals surface area (Å²) in [5.74, 6) is -0.262. The molecule has 0 saturated carbocycles. The summed E-state index contributed by atoms with van der Waals surface area (Å²) in [6.45, 7) is 7.48. The number of hydrogen-bond donors (Lipinski definition) is 1. The van der Waals surface area contributed by atoms with Gasteiger partial charge in [0.2, 0.25) is 0 Å². The van der Waals surface area contributed by atoms with E-state index >= 15 is 0 Å². The molecule has 0 aromatic heterocycles. The van der Waals surface area contributed by atoms with Crippen molar-refractivity contribution in [2.45, 2.75) is 51.3 Å². The van der Waals surface area contributed by atoms with Gasteiger partial charge < -0.3 is 10.1 Å². The Morgan fingerprint density at radius 1 is 1.09 bits per heavy atom. The molecule has 3 atom stereocenters. The number of fused-ring (bicyclic) bond motifs is 1. The van der Waals surface area contributed by atoms with Gasteiger partial charge in [-0.2, -0.15) is 13.2 Å². The standard InChI is InChI=1S/C27H33F3N2O2/c1-3-19-13-21-8-7-20(15-23(21)14-19)18(2)26(33)34-25(17-32-11-9-31-10-12-32)22-5-4-6-24(16-22)27(28,29)30/h4-8,15-16,18-19,25,31H,3,9-14,17H2,1-2H3. The Balaban J connectivity index is 1.53. The third-order valence-electron chi connectivity index (χ3n) is 7.16. The summed E-state index contributed by atoms with van der Waals surface area (Å²) < 4.78 is 45.9. The van der Waals surface area contributed by atoms with Gasteiger partial charge in [-0.1, -0.05) is 43.7 Å². The molecule has 184 valence electrons. The lowest BCUT2D eigenvalue weighted by molar-refractivity contribution is -0.152. The summed E-state index contributed by atoms with van der Waals surface area (Å²) in [6.07, 6.45) is -1.99. The number of benzene rings is 2. The maximum atomic E-state index is 13.3. The second-order valence-corrected chi connectivity index (χ2v) is 9.53. The molecule has 0 radical (unpaired) electrons. The first kappa shape index (κ1) is 24.7. The number of hydrogen-bond acceptors (Lipinski definition) is 4. The Labute approximate surface area is 199 Å². The van der Waals surface area contributed by atoms with Crippen LogP contribution < -0.4 is 5.32 Å². The summed E-state index contributed by atoms with van der Waals surface area (Å²) in [5, 5.41) is 3.27. The van der Waals surface area contributed by atoms with E-state index in [1.165, 1.54) is 17.2 Å². The van der Waals surface area contributed by atoms with Gasteiger partial charge >= 0.3 is 12.1 Å². The van der Waals surface area contributed by atoms with Gasteiger partial charge in [0, 0.05) is 32.7 Å². The van der Waals surface area contributed by atoms with Crippen LogP contribution in [0, 0.1) is 5.92 Å². The van der Waals surface area contributed by atoms with E-state index in [-0.39, 0.29) is 0 Å². The minimum Gasteiger partial charge on any atom is -0.456 e. The topological polar surface area (TPSA) is 41.6 Å². The Bertz CT molecular complexity index is 1000. The number of ether oxygens (including phenoxy) is 1. The van der Waals surface area contributed by atoms with Gasteiger partial charge in [0.05, 0.1) is 11.5 Å². The Hall–Kier alpha value is -2.38. The zero-order chi connectivity index (χ0) is 24.3. The SMILES string of the molecule is CCC1Cc2ccc(C(C)C(=O)OC(CN3CCNCC3)c3cccc(C(F)(F)F)c3)cc2C1. The number of esters is 1. The van der Waals surface area contributed by atoms with E-state index in [0.717, 1.165) is 63.1 Å². The normalized spacial score (nSPS) is 20.6. The maximum absolute atomic E-state index is 13.3. The molecule has 3 unspecified atom stereocenters. The van der Waals surface area contributed by atoms with E-state index in [2.05, 4.69) is 29.3 Å². The fourth-order valence-electron chi connectivity index (χ4n) is 4.92. The van der Waals surface area contributed by atoms with Crippen LogP contribution in [0.15, 0.2) is 42.5 Å². The van der Waals surface area contributed by atoms with Gasteiger partial charge in [-0.05, 0) is 60.1 Å². The molecule has 2 aromatic carbocycles. The van der Waals surface area contributed by atoms with Crippen LogP contribution in [0.1, 0.15) is 60.1 Å². The molecular weight excluding hydrogens is 441 g/mol. The van der Waals surface area contributed by atoms with Gasteiger partial charge in [-0.3, -0.25) is 9.69 Å². The lowest BCUT2D eigenvalue weighted by Gasteiger charge is -2.31. The molecule has 1 aliphatic carbocycles. The quantitative estimate of drug-likeness (QED) is 0.566. The van der Waals surface area contributed by atoms with E-state index in [1.807, 2.05) is 13.0 Å². The van der Waals surface area contributed by atoms with Crippen molar-refractivity contribution < 1.29 is 22.7 Å². The molecule has 34 heavy (non-hydrogen) atoms. The van der Waals surface area contributed by atoms with E-state index in [1.54, 1.807) is 6.07 Å². The van der Waals surface area contributed by atoms with Gasteiger partial charge in [-0.25, -0.2) is 0 Å². The second kappa shape index (κ2) is 10.5. The van der Waals surface area contributed by atoms with Crippen molar-refractivity contribution >= 4 is 5.97 Å². The van der Waals surface area contributed by atoms with Crippen molar-refractivity contribution in [1.82, 2.24) is 10.2 Å². The molecule has 1 heterocycles. The molecule has 1 N–H and O–H groups in total. The average molecular weight is 475 g/mol. The zero-order valence-electron chi connectivity index (χ0n) is 19.8. The van der Waals surface area contributed by atoms with E-state index in [0.29, 0.717) is 18.0 Å². The molecule has 0 spiro atoms. The smallest absolute Gasteiger partial charge is 0.416 e. The van der Waals surface area contributed by atoms with Crippen LogP contribution in [0.25, 0.3) is 0 Å². The first-order chi connectivity index (χ1) is 16.2. The molecule has 7 heteroatoms. The van der Waals surface area contributed by atoms with Crippen molar-refractivity contribution in [1.29, 1.82) is 0 Å². The Morgan fingerprint density at radius 3 is 2.53 bits per heavy atom. The highest BCUT2D eigenvalue weighted by molar-refractivity contribution is 5.78. The van der Waals surface area contributed by atoms with Crippen molar-refractivity contribution in [3.8, 4) is 0 Å². The minimum absolute atomic E-state index is 0.365. The number of rotatable bonds is 7. The lowest BCUT2D eigenvalue weighted by atomic mass is 9.97. The number of carbonyl (C=O) groups excluding carboxylic acids is 1. The monoisotopic (exact) mass is 474 g/mol. The van der Waals surface area contributed by atoms with E-state index < -0.39 is 29.7 Å². The van der Waals surface area contributed by atoms with E-state index in [4.69, 9.17) is 4.74 Å². The highest BCUT2D eigenvalue weighted by Gasteiger charge is 2.32. The van der Waals surface area contributed by atoms with Crippen LogP contribution in [-0.2, 0) is 28.5 Å². The fraction of sp³-hybridized carbons (Fsp3) is 0.519. The molecule has 4 nitrogen and oxygen atoms in total. The Morgan fingerprint density at radius 2 is 1.82 bits per heavy atom. The molecule has 0 bridgehead atoms. The lowest BCUT2D eigenvalue weighted by Crippen LogP contribution is -2.45. The van der Waals surface area contributed by atoms with Crippen molar-refractivity contribution in [2.24, 2.45) is 5.92 Å². The van der Waals surface area contributed by atoms with Crippen LogP contribution in [0.2, 0.25) is 0 Å². The summed E-state index contributed by atoms with van der Waals surface area (Å²) in [5.41, 5.74) is 3.17. The van der Waals surface area contributed by atoms with Crippen LogP contribution in [0.3, 0.4) is 0 Å². The zero-order valence-corrected chi connectivity index (χ0v) is 19.8. The molecule has 2 aromatic rings. The first-order valence-corrected chi connectivity index (χ1v) is 12.2. The summed E-state index contributed by atoms with van der Waals surface area (Å²) >= 11 is 0. The van der Waals surface area contributed by atoms with Crippen molar-refractivity contribution in [2.75, 3.05) is 32.7 Å². The van der Waals surface area contributed by atoms with Gasteiger partial charge in [0.1, 0.15) is 6.10 Å². The number of alkyl halides is 3. The number of halogens is 3. The number of nitrogens with zero attached hydrogens (tertiary/aromatic N) is 1. The molecule has 1 saturated heterocycles. The van der Waals surface area contributed by atoms with Gasteiger partial charge in [0.15, 0.2) is 0 Å². The maximum Gasteiger partial charge on any atom is 0.416 e.